The van der Waals surface area contributed by atoms with E-state index in [2.05, 4.69) is 9.97 Å². The zero-order chi connectivity index (χ0) is 10.1. The van der Waals surface area contributed by atoms with Gasteiger partial charge in [0.05, 0.1) is 6.33 Å². The summed E-state index contributed by atoms with van der Waals surface area (Å²) in [6.45, 7) is 7.26. The lowest BCUT2D eigenvalue weighted by Crippen LogP contribution is -2.24. The molecule has 4 nitrogen and oxygen atoms in total. The Morgan fingerprint density at radius 3 is 2.54 bits per heavy atom. The molecule has 0 spiro atoms. The van der Waals surface area contributed by atoms with Crippen LogP contribution in [-0.4, -0.2) is 21.5 Å². The topological polar surface area (TPSA) is 55.0 Å². The maximum atomic E-state index is 11.4. The molecule has 72 valence electrons. The summed E-state index contributed by atoms with van der Waals surface area (Å²) in [7, 11) is 0. The van der Waals surface area contributed by atoms with Crippen LogP contribution < -0.4 is 0 Å². The third-order valence-electron chi connectivity index (χ3n) is 1.42. The fourth-order valence-electron chi connectivity index (χ4n) is 0.891. The molecule has 0 saturated heterocycles. The van der Waals surface area contributed by atoms with Gasteiger partial charge in [-0.15, -0.1) is 0 Å². The van der Waals surface area contributed by atoms with Gasteiger partial charge >= 0.3 is 5.97 Å². The van der Waals surface area contributed by atoms with E-state index in [4.69, 9.17) is 4.74 Å². The number of esters is 1. The van der Waals surface area contributed by atoms with Crippen LogP contribution >= 0.6 is 0 Å². The minimum Gasteiger partial charge on any atom is -0.455 e. The molecule has 1 N–H and O–H groups in total. The molecule has 0 aliphatic rings. The molecule has 13 heavy (non-hydrogen) atoms. The number of aromatic amines is 1. The van der Waals surface area contributed by atoms with Gasteiger partial charge in [-0.1, -0.05) is 0 Å². The molecular weight excluding hydrogens is 168 g/mol. The van der Waals surface area contributed by atoms with Gasteiger partial charge in [0.1, 0.15) is 5.60 Å². The number of aryl methyl sites for hydroxylation is 1. The molecule has 1 rings (SSSR count). The number of hydrogen-bond donors (Lipinski definition) is 1. The summed E-state index contributed by atoms with van der Waals surface area (Å²) >= 11 is 0. The monoisotopic (exact) mass is 182 g/mol. The average Bonchev–Trinajstić information content (AvgIpc) is 2.30. The van der Waals surface area contributed by atoms with Gasteiger partial charge in [-0.3, -0.25) is 0 Å². The SMILES string of the molecule is Cc1[nH]cnc1C(=O)OC(C)(C)C. The van der Waals surface area contributed by atoms with Gasteiger partial charge in [0.25, 0.3) is 0 Å². The number of imidazole rings is 1. The van der Waals surface area contributed by atoms with Crippen molar-refractivity contribution in [3.63, 3.8) is 0 Å². The molecule has 0 aliphatic heterocycles. The van der Waals surface area contributed by atoms with E-state index in [9.17, 15) is 4.79 Å². The summed E-state index contributed by atoms with van der Waals surface area (Å²) in [5.74, 6) is -0.383. The largest absolute Gasteiger partial charge is 0.455 e. The molecule has 0 saturated carbocycles. The van der Waals surface area contributed by atoms with Gasteiger partial charge in [0, 0.05) is 5.69 Å². The van der Waals surface area contributed by atoms with Crippen molar-refractivity contribution in [2.45, 2.75) is 33.3 Å². The Hall–Kier alpha value is -1.32. The van der Waals surface area contributed by atoms with E-state index in [1.165, 1.54) is 6.33 Å². The molecule has 1 aromatic heterocycles. The maximum Gasteiger partial charge on any atom is 0.359 e. The van der Waals surface area contributed by atoms with Crippen molar-refractivity contribution in [3.05, 3.63) is 17.7 Å². The Morgan fingerprint density at radius 1 is 1.54 bits per heavy atom. The number of rotatable bonds is 1. The van der Waals surface area contributed by atoms with Gasteiger partial charge in [0.15, 0.2) is 5.69 Å². The Labute approximate surface area is 77.3 Å². The van der Waals surface area contributed by atoms with Crippen molar-refractivity contribution in [3.8, 4) is 0 Å². The number of nitrogens with one attached hydrogen (secondary N) is 1. The van der Waals surface area contributed by atoms with Gasteiger partial charge in [-0.25, -0.2) is 9.78 Å². The molecular formula is C9H14N2O2. The summed E-state index contributed by atoms with van der Waals surface area (Å²) < 4.78 is 5.14. The number of aromatic nitrogens is 2. The lowest BCUT2D eigenvalue weighted by molar-refractivity contribution is 0.00627. The number of H-pyrrole nitrogens is 1. The Bertz CT molecular complexity index is 310. The van der Waals surface area contributed by atoms with Crippen LogP contribution in [0.5, 0.6) is 0 Å². The first kappa shape index (κ1) is 9.77. The first-order valence-corrected chi connectivity index (χ1v) is 4.13. The predicted octanol–water partition coefficient (Wildman–Crippen LogP) is 1.67. The second-order valence-corrected chi connectivity index (χ2v) is 3.88. The molecule has 0 atom stereocenters. The molecule has 0 aromatic carbocycles. The summed E-state index contributed by atoms with van der Waals surface area (Å²) in [6.07, 6.45) is 1.48. The second-order valence-electron chi connectivity index (χ2n) is 3.88. The Kier molecular flexibility index (Phi) is 2.40. The van der Waals surface area contributed by atoms with Gasteiger partial charge in [0.2, 0.25) is 0 Å². The van der Waals surface area contributed by atoms with Crippen LogP contribution in [0.15, 0.2) is 6.33 Å². The van der Waals surface area contributed by atoms with Gasteiger partial charge in [-0.2, -0.15) is 0 Å². The fraction of sp³-hybridized carbons (Fsp3) is 0.556. The molecule has 1 heterocycles. The smallest absolute Gasteiger partial charge is 0.359 e. The van der Waals surface area contributed by atoms with Gasteiger partial charge < -0.3 is 9.72 Å². The maximum absolute atomic E-state index is 11.4. The van der Waals surface area contributed by atoms with E-state index in [1.54, 1.807) is 6.92 Å². The zero-order valence-corrected chi connectivity index (χ0v) is 8.34. The molecule has 0 amide bonds. The van der Waals surface area contributed by atoms with Crippen LogP contribution in [0.3, 0.4) is 0 Å². The van der Waals surface area contributed by atoms with E-state index in [0.29, 0.717) is 5.69 Å². The minimum absolute atomic E-state index is 0.356. The van der Waals surface area contributed by atoms with E-state index in [-0.39, 0.29) is 5.97 Å². The van der Waals surface area contributed by atoms with Crippen molar-refractivity contribution in [1.29, 1.82) is 0 Å². The van der Waals surface area contributed by atoms with Crippen LogP contribution in [0, 0.1) is 6.92 Å². The predicted molar refractivity (Wildman–Crippen MR) is 48.5 cm³/mol. The first-order chi connectivity index (χ1) is 5.90. The number of hydrogen-bond acceptors (Lipinski definition) is 3. The van der Waals surface area contributed by atoms with E-state index in [0.717, 1.165) is 5.69 Å². The number of carbonyl (C=O) groups excluding carboxylic acids is 1. The minimum atomic E-state index is -0.470. The molecule has 1 aromatic rings. The van der Waals surface area contributed by atoms with Crippen molar-refractivity contribution in [1.82, 2.24) is 9.97 Å². The molecule has 0 aliphatic carbocycles. The number of nitrogens with zero attached hydrogens (tertiary/aromatic N) is 1. The van der Waals surface area contributed by atoms with Crippen molar-refractivity contribution >= 4 is 5.97 Å². The molecule has 0 radical (unpaired) electrons. The quantitative estimate of drug-likeness (QED) is 0.672. The summed E-state index contributed by atoms with van der Waals surface area (Å²) in [6, 6.07) is 0. The van der Waals surface area contributed by atoms with Crippen molar-refractivity contribution in [2.75, 3.05) is 0 Å². The Balaban J connectivity index is 2.76. The highest BCUT2D eigenvalue weighted by Gasteiger charge is 2.20. The van der Waals surface area contributed by atoms with Crippen LogP contribution in [0.4, 0.5) is 0 Å². The fourth-order valence-corrected chi connectivity index (χ4v) is 0.891. The number of carbonyl (C=O) groups is 1. The van der Waals surface area contributed by atoms with Crippen LogP contribution in [-0.2, 0) is 4.74 Å². The second kappa shape index (κ2) is 3.20. The van der Waals surface area contributed by atoms with Gasteiger partial charge in [-0.05, 0) is 27.7 Å². The van der Waals surface area contributed by atoms with Crippen molar-refractivity contribution < 1.29 is 9.53 Å². The van der Waals surface area contributed by atoms with E-state index in [1.807, 2.05) is 20.8 Å². The van der Waals surface area contributed by atoms with Crippen LogP contribution in [0.1, 0.15) is 37.0 Å². The highest BCUT2D eigenvalue weighted by molar-refractivity contribution is 5.88. The highest BCUT2D eigenvalue weighted by atomic mass is 16.6. The third kappa shape index (κ3) is 2.57. The van der Waals surface area contributed by atoms with Crippen molar-refractivity contribution in [2.24, 2.45) is 0 Å². The molecule has 4 heteroatoms. The summed E-state index contributed by atoms with van der Waals surface area (Å²) in [5, 5.41) is 0. The van der Waals surface area contributed by atoms with E-state index < -0.39 is 5.60 Å². The Morgan fingerprint density at radius 2 is 2.15 bits per heavy atom. The lowest BCUT2D eigenvalue weighted by Gasteiger charge is -2.18. The normalized spacial score (nSPS) is 11.4. The van der Waals surface area contributed by atoms with Crippen LogP contribution in [0.2, 0.25) is 0 Å². The number of ether oxygens (including phenoxy) is 1. The zero-order valence-electron chi connectivity index (χ0n) is 8.34. The highest BCUT2D eigenvalue weighted by Crippen LogP contribution is 2.11. The summed E-state index contributed by atoms with van der Waals surface area (Å²) in [5.41, 5.74) is 0.617. The third-order valence-corrected chi connectivity index (χ3v) is 1.42. The average molecular weight is 182 g/mol. The van der Waals surface area contributed by atoms with E-state index >= 15 is 0 Å². The molecule has 0 unspecified atom stereocenters. The molecule has 0 bridgehead atoms. The summed E-state index contributed by atoms with van der Waals surface area (Å²) in [4.78, 5) is 18.1. The molecule has 0 fully saturated rings. The standard InChI is InChI=1S/C9H14N2O2/c1-6-7(11-5-10-6)8(12)13-9(2,3)4/h5H,1-4H3,(H,10,11). The first-order valence-electron chi connectivity index (χ1n) is 4.13. The van der Waals surface area contributed by atoms with Crippen LogP contribution in [0.25, 0.3) is 0 Å². The lowest BCUT2D eigenvalue weighted by atomic mass is 10.2.